The number of carbonyl (C=O) groups excluding carboxylic acids is 3. The van der Waals surface area contributed by atoms with Crippen LogP contribution in [-0.4, -0.2) is 41.2 Å². The molecule has 7 heteroatoms. The van der Waals surface area contributed by atoms with Crippen molar-refractivity contribution >= 4 is 17.8 Å². The summed E-state index contributed by atoms with van der Waals surface area (Å²) in [7, 11) is 1.59. The summed E-state index contributed by atoms with van der Waals surface area (Å²) < 4.78 is 0. The molecule has 112 valence electrons. The fraction of sp³-hybridized carbons (Fsp3) is 0.357. The van der Waals surface area contributed by atoms with Gasteiger partial charge in [-0.25, -0.2) is 10.6 Å². The van der Waals surface area contributed by atoms with Crippen LogP contribution in [0.4, 0.5) is 4.79 Å². The molecule has 0 radical (unpaired) electrons. The summed E-state index contributed by atoms with van der Waals surface area (Å²) >= 11 is 0. The largest absolute Gasteiger partial charge is 0.327 e. The minimum atomic E-state index is -0.356. The van der Waals surface area contributed by atoms with Gasteiger partial charge in [-0.1, -0.05) is 24.3 Å². The quantitative estimate of drug-likeness (QED) is 0.358. The molecule has 1 aromatic carbocycles. The highest BCUT2D eigenvalue weighted by Crippen LogP contribution is 2.18. The van der Waals surface area contributed by atoms with Crippen LogP contribution >= 0.6 is 0 Å². The van der Waals surface area contributed by atoms with E-state index in [9.17, 15) is 14.4 Å². The second-order valence-corrected chi connectivity index (χ2v) is 5.09. The maximum Gasteiger partial charge on any atom is 0.327 e. The number of nitrogens with one attached hydrogen (secondary N) is 1. The van der Waals surface area contributed by atoms with Gasteiger partial charge in [0, 0.05) is 7.05 Å². The van der Waals surface area contributed by atoms with Crippen molar-refractivity contribution in [2.24, 2.45) is 5.84 Å². The van der Waals surface area contributed by atoms with E-state index in [2.05, 4.69) is 5.43 Å². The molecule has 3 N–H and O–H groups in total. The molecule has 1 fully saturated rings. The lowest BCUT2D eigenvalue weighted by Gasteiger charge is -2.15. The summed E-state index contributed by atoms with van der Waals surface area (Å²) in [5.74, 6) is 4.28. The Bertz CT molecular complexity index is 570. The van der Waals surface area contributed by atoms with Crippen molar-refractivity contribution in [2.45, 2.75) is 19.4 Å². The smallest absolute Gasteiger partial charge is 0.318 e. The van der Waals surface area contributed by atoms with Gasteiger partial charge >= 0.3 is 6.03 Å². The van der Waals surface area contributed by atoms with Gasteiger partial charge in [-0.15, -0.1) is 0 Å². The number of urea groups is 1. The van der Waals surface area contributed by atoms with E-state index in [0.717, 1.165) is 11.1 Å². The Balaban J connectivity index is 2.08. The van der Waals surface area contributed by atoms with Gasteiger partial charge in [-0.3, -0.25) is 19.9 Å². The first kappa shape index (κ1) is 15.0. The number of hydrogen-bond acceptors (Lipinski definition) is 4. The van der Waals surface area contributed by atoms with Gasteiger partial charge in [0.2, 0.25) is 5.91 Å². The second kappa shape index (κ2) is 5.92. The number of nitrogens with two attached hydrogens (primary N) is 1. The summed E-state index contributed by atoms with van der Waals surface area (Å²) in [6.45, 7) is 2.10. The third-order valence-electron chi connectivity index (χ3n) is 3.59. The lowest BCUT2D eigenvalue weighted by Crippen LogP contribution is -2.33. The molecule has 21 heavy (non-hydrogen) atoms. The average Bonchev–Trinajstić information content (AvgIpc) is 2.73. The third-order valence-corrected chi connectivity index (χ3v) is 3.59. The number of carbonyl (C=O) groups is 3. The molecule has 0 aliphatic carbocycles. The Morgan fingerprint density at radius 2 is 1.95 bits per heavy atom. The van der Waals surface area contributed by atoms with Crippen LogP contribution in [0.5, 0.6) is 0 Å². The Labute approximate surface area is 122 Å². The molecule has 4 amide bonds. The Morgan fingerprint density at radius 1 is 1.33 bits per heavy atom. The molecule has 0 saturated carbocycles. The highest BCUT2D eigenvalue weighted by atomic mass is 16.2. The van der Waals surface area contributed by atoms with Crippen molar-refractivity contribution in [1.82, 2.24) is 15.2 Å². The first-order valence-corrected chi connectivity index (χ1v) is 6.58. The van der Waals surface area contributed by atoms with E-state index < -0.39 is 0 Å². The second-order valence-electron chi connectivity index (χ2n) is 5.09. The van der Waals surface area contributed by atoms with Gasteiger partial charge in [0.15, 0.2) is 0 Å². The van der Waals surface area contributed by atoms with Gasteiger partial charge in [-0.2, -0.15) is 0 Å². The number of benzene rings is 1. The van der Waals surface area contributed by atoms with Crippen LogP contribution < -0.4 is 11.3 Å². The predicted molar refractivity (Wildman–Crippen MR) is 75.8 cm³/mol. The number of rotatable bonds is 4. The van der Waals surface area contributed by atoms with Gasteiger partial charge in [-0.05, 0) is 18.1 Å². The molecule has 1 heterocycles. The Morgan fingerprint density at radius 3 is 2.43 bits per heavy atom. The summed E-state index contributed by atoms with van der Waals surface area (Å²) in [5, 5.41) is 0. The SMILES string of the molecule is CC(C(=O)NN)c1ccc(CN2C(=O)CN(C)C2=O)cc1. The topological polar surface area (TPSA) is 95.7 Å². The molecular weight excluding hydrogens is 272 g/mol. The average molecular weight is 290 g/mol. The first-order chi connectivity index (χ1) is 9.93. The number of likely N-dealkylation sites (N-methyl/N-ethyl adjacent to an activating group) is 1. The molecule has 1 saturated heterocycles. The van der Waals surface area contributed by atoms with Crippen LogP contribution in [0.25, 0.3) is 0 Å². The zero-order valence-electron chi connectivity index (χ0n) is 12.0. The third kappa shape index (κ3) is 3.03. The number of amides is 4. The fourth-order valence-corrected chi connectivity index (χ4v) is 2.20. The lowest BCUT2D eigenvalue weighted by atomic mass is 9.99. The van der Waals surface area contributed by atoms with E-state index in [4.69, 9.17) is 5.84 Å². The normalized spacial score (nSPS) is 16.3. The van der Waals surface area contributed by atoms with Crippen LogP contribution in [0.2, 0.25) is 0 Å². The number of nitrogens with zero attached hydrogens (tertiary/aromatic N) is 2. The predicted octanol–water partition coefficient (Wildman–Crippen LogP) is 0.174. The molecule has 2 rings (SSSR count). The highest BCUT2D eigenvalue weighted by molar-refractivity contribution is 6.01. The fourth-order valence-electron chi connectivity index (χ4n) is 2.20. The van der Waals surface area contributed by atoms with Gasteiger partial charge < -0.3 is 4.90 Å². The molecule has 7 nitrogen and oxygen atoms in total. The van der Waals surface area contributed by atoms with Crippen molar-refractivity contribution in [3.63, 3.8) is 0 Å². The Kier molecular flexibility index (Phi) is 4.23. The summed E-state index contributed by atoms with van der Waals surface area (Å²) in [4.78, 5) is 37.5. The molecule has 1 aromatic rings. The van der Waals surface area contributed by atoms with Gasteiger partial charge in [0.05, 0.1) is 12.5 Å². The van der Waals surface area contributed by atoms with E-state index in [0.29, 0.717) is 0 Å². The summed E-state index contributed by atoms with van der Waals surface area (Å²) in [5.41, 5.74) is 3.76. The van der Waals surface area contributed by atoms with Crippen molar-refractivity contribution in [1.29, 1.82) is 0 Å². The summed E-state index contributed by atoms with van der Waals surface area (Å²) in [6.07, 6.45) is 0. The minimum Gasteiger partial charge on any atom is -0.318 e. The molecule has 0 spiro atoms. The maximum absolute atomic E-state index is 11.8. The zero-order valence-corrected chi connectivity index (χ0v) is 12.0. The van der Waals surface area contributed by atoms with Gasteiger partial charge in [0.25, 0.3) is 5.91 Å². The van der Waals surface area contributed by atoms with Crippen molar-refractivity contribution < 1.29 is 14.4 Å². The van der Waals surface area contributed by atoms with Crippen LogP contribution in [0.1, 0.15) is 24.0 Å². The standard InChI is InChI=1S/C14H18N4O3/c1-9(13(20)16-15)11-5-3-10(4-6-11)7-18-12(19)8-17(2)14(18)21/h3-6,9H,7-8,15H2,1-2H3,(H,16,20). The number of hydrogen-bond donors (Lipinski definition) is 2. The number of imide groups is 1. The van der Waals surface area contributed by atoms with Crippen molar-refractivity contribution in [3.8, 4) is 0 Å². The molecule has 0 aromatic heterocycles. The van der Waals surface area contributed by atoms with E-state index in [1.54, 1.807) is 38.2 Å². The molecular formula is C14H18N4O3. The highest BCUT2D eigenvalue weighted by Gasteiger charge is 2.33. The molecule has 1 atom stereocenters. The molecule has 1 aliphatic rings. The lowest BCUT2D eigenvalue weighted by molar-refractivity contribution is -0.125. The Hall–Kier alpha value is -2.41. The van der Waals surface area contributed by atoms with E-state index in [1.165, 1.54) is 9.80 Å². The minimum absolute atomic E-state index is 0.116. The van der Waals surface area contributed by atoms with Crippen molar-refractivity contribution in [3.05, 3.63) is 35.4 Å². The van der Waals surface area contributed by atoms with Gasteiger partial charge in [0.1, 0.15) is 6.54 Å². The molecule has 1 unspecified atom stereocenters. The first-order valence-electron chi connectivity index (χ1n) is 6.58. The van der Waals surface area contributed by atoms with Crippen LogP contribution in [0, 0.1) is 0 Å². The maximum atomic E-state index is 11.8. The number of hydrazine groups is 1. The van der Waals surface area contributed by atoms with Crippen LogP contribution in [-0.2, 0) is 16.1 Å². The van der Waals surface area contributed by atoms with E-state index in [1.807, 2.05) is 0 Å². The zero-order chi connectivity index (χ0) is 15.6. The van der Waals surface area contributed by atoms with E-state index >= 15 is 0 Å². The molecule has 0 bridgehead atoms. The van der Waals surface area contributed by atoms with Crippen molar-refractivity contribution in [2.75, 3.05) is 13.6 Å². The van der Waals surface area contributed by atoms with Crippen LogP contribution in [0.15, 0.2) is 24.3 Å². The molecule has 1 aliphatic heterocycles. The van der Waals surface area contributed by atoms with Crippen LogP contribution in [0.3, 0.4) is 0 Å². The van der Waals surface area contributed by atoms with E-state index in [-0.39, 0.29) is 36.9 Å². The monoisotopic (exact) mass is 290 g/mol. The summed E-state index contributed by atoms with van der Waals surface area (Å²) in [6, 6.07) is 6.90.